The first-order valence-electron chi connectivity index (χ1n) is 7.76. The maximum absolute atomic E-state index is 12.0. The van der Waals surface area contributed by atoms with Crippen LogP contribution in [0.5, 0.6) is 0 Å². The summed E-state index contributed by atoms with van der Waals surface area (Å²) in [7, 11) is 0. The van der Waals surface area contributed by atoms with Gasteiger partial charge in [0, 0.05) is 6.04 Å². The molecule has 22 heavy (non-hydrogen) atoms. The molecule has 0 spiro atoms. The molecular weight excluding hydrogens is 272 g/mol. The molecule has 0 saturated carbocycles. The summed E-state index contributed by atoms with van der Waals surface area (Å²) in [6.45, 7) is 4.96. The van der Waals surface area contributed by atoms with Crippen LogP contribution >= 0.6 is 0 Å². The van der Waals surface area contributed by atoms with Gasteiger partial charge < -0.3 is 11.1 Å². The topological polar surface area (TPSA) is 55.1 Å². The Morgan fingerprint density at radius 3 is 2.32 bits per heavy atom. The van der Waals surface area contributed by atoms with Gasteiger partial charge in [-0.25, -0.2) is 0 Å². The van der Waals surface area contributed by atoms with Crippen LogP contribution in [-0.2, 0) is 4.79 Å². The van der Waals surface area contributed by atoms with E-state index in [0.29, 0.717) is 12.5 Å². The maximum atomic E-state index is 12.0. The molecule has 0 heterocycles. The highest BCUT2D eigenvalue weighted by Gasteiger charge is 2.21. The van der Waals surface area contributed by atoms with Gasteiger partial charge in [0.1, 0.15) is 0 Å². The monoisotopic (exact) mass is 296 g/mol. The molecule has 116 valence electrons. The SMILES string of the molecule is CC(C)NCCC(C(N)=O)c1ccccc1-c1ccccc1. The Hall–Kier alpha value is -2.13. The van der Waals surface area contributed by atoms with Gasteiger partial charge in [-0.1, -0.05) is 68.4 Å². The van der Waals surface area contributed by atoms with Crippen molar-refractivity contribution in [2.75, 3.05) is 6.54 Å². The Labute approximate surface area is 132 Å². The Bertz CT molecular complexity index is 608. The van der Waals surface area contributed by atoms with Gasteiger partial charge in [-0.05, 0) is 29.7 Å². The lowest BCUT2D eigenvalue weighted by Gasteiger charge is -2.19. The second-order valence-electron chi connectivity index (χ2n) is 5.81. The molecule has 0 aromatic heterocycles. The van der Waals surface area contributed by atoms with Crippen LogP contribution in [0.1, 0.15) is 31.7 Å². The third-order valence-corrected chi connectivity index (χ3v) is 3.75. The minimum atomic E-state index is -0.275. The van der Waals surface area contributed by atoms with E-state index in [2.05, 4.69) is 37.4 Å². The summed E-state index contributed by atoms with van der Waals surface area (Å²) in [4.78, 5) is 12.0. The zero-order chi connectivity index (χ0) is 15.9. The van der Waals surface area contributed by atoms with Gasteiger partial charge in [0.25, 0.3) is 0 Å². The lowest BCUT2D eigenvalue weighted by Crippen LogP contribution is -2.29. The molecule has 0 aliphatic heterocycles. The number of amides is 1. The number of nitrogens with one attached hydrogen (secondary N) is 1. The second kappa shape index (κ2) is 7.76. The Morgan fingerprint density at radius 1 is 1.05 bits per heavy atom. The second-order valence-corrected chi connectivity index (χ2v) is 5.81. The summed E-state index contributed by atoms with van der Waals surface area (Å²) in [5.41, 5.74) is 8.86. The van der Waals surface area contributed by atoms with Gasteiger partial charge in [0.15, 0.2) is 0 Å². The highest BCUT2D eigenvalue weighted by Crippen LogP contribution is 2.30. The van der Waals surface area contributed by atoms with Crippen LogP contribution < -0.4 is 11.1 Å². The molecule has 1 unspecified atom stereocenters. The van der Waals surface area contributed by atoms with Crippen LogP contribution in [0.15, 0.2) is 54.6 Å². The summed E-state index contributed by atoms with van der Waals surface area (Å²) in [6, 6.07) is 18.5. The first-order valence-corrected chi connectivity index (χ1v) is 7.76. The third kappa shape index (κ3) is 4.18. The van der Waals surface area contributed by atoms with Crippen molar-refractivity contribution in [1.82, 2.24) is 5.32 Å². The Balaban J connectivity index is 2.30. The average Bonchev–Trinajstić information content (AvgIpc) is 2.52. The molecule has 0 saturated heterocycles. The first-order chi connectivity index (χ1) is 10.6. The van der Waals surface area contributed by atoms with Crippen molar-refractivity contribution in [3.63, 3.8) is 0 Å². The molecule has 3 heteroatoms. The van der Waals surface area contributed by atoms with E-state index in [9.17, 15) is 4.79 Å². The summed E-state index contributed by atoms with van der Waals surface area (Å²) < 4.78 is 0. The van der Waals surface area contributed by atoms with E-state index in [1.807, 2.05) is 36.4 Å². The van der Waals surface area contributed by atoms with E-state index in [4.69, 9.17) is 5.73 Å². The van der Waals surface area contributed by atoms with Crippen molar-refractivity contribution in [2.24, 2.45) is 5.73 Å². The van der Waals surface area contributed by atoms with Crippen LogP contribution in [0.4, 0.5) is 0 Å². The number of hydrogen-bond donors (Lipinski definition) is 2. The fourth-order valence-corrected chi connectivity index (χ4v) is 2.65. The van der Waals surface area contributed by atoms with Gasteiger partial charge >= 0.3 is 0 Å². The molecule has 3 N–H and O–H groups in total. The smallest absolute Gasteiger partial charge is 0.225 e. The Kier molecular flexibility index (Phi) is 5.73. The van der Waals surface area contributed by atoms with Crippen LogP contribution in [0, 0.1) is 0 Å². The van der Waals surface area contributed by atoms with Gasteiger partial charge in [-0.3, -0.25) is 4.79 Å². The van der Waals surface area contributed by atoms with Crippen LogP contribution in [0.3, 0.4) is 0 Å². The normalized spacial score (nSPS) is 12.3. The summed E-state index contributed by atoms with van der Waals surface area (Å²) >= 11 is 0. The molecule has 0 aliphatic rings. The Morgan fingerprint density at radius 2 is 1.68 bits per heavy atom. The van der Waals surface area contributed by atoms with E-state index in [0.717, 1.165) is 23.2 Å². The highest BCUT2D eigenvalue weighted by atomic mass is 16.1. The fraction of sp³-hybridized carbons (Fsp3) is 0.316. The molecular formula is C19H24N2O. The van der Waals surface area contributed by atoms with Crippen molar-refractivity contribution in [1.29, 1.82) is 0 Å². The quantitative estimate of drug-likeness (QED) is 0.823. The fourth-order valence-electron chi connectivity index (χ4n) is 2.65. The zero-order valence-corrected chi connectivity index (χ0v) is 13.3. The van der Waals surface area contributed by atoms with Gasteiger partial charge in [0.05, 0.1) is 5.92 Å². The minimum Gasteiger partial charge on any atom is -0.369 e. The van der Waals surface area contributed by atoms with Crippen LogP contribution in [-0.4, -0.2) is 18.5 Å². The predicted octanol–water partition coefficient (Wildman–Crippen LogP) is 3.31. The predicted molar refractivity (Wildman–Crippen MR) is 91.6 cm³/mol. The number of rotatable bonds is 7. The van der Waals surface area contributed by atoms with Crippen LogP contribution in [0.25, 0.3) is 11.1 Å². The third-order valence-electron chi connectivity index (χ3n) is 3.75. The minimum absolute atomic E-state index is 0.270. The highest BCUT2D eigenvalue weighted by molar-refractivity contribution is 5.85. The number of carbonyl (C=O) groups is 1. The van der Waals surface area contributed by atoms with E-state index in [1.54, 1.807) is 0 Å². The number of primary amides is 1. The van der Waals surface area contributed by atoms with Crippen molar-refractivity contribution >= 4 is 5.91 Å². The number of nitrogens with two attached hydrogens (primary N) is 1. The number of carbonyl (C=O) groups excluding carboxylic acids is 1. The molecule has 2 aromatic carbocycles. The van der Waals surface area contributed by atoms with Crippen molar-refractivity contribution in [2.45, 2.75) is 32.2 Å². The number of benzene rings is 2. The zero-order valence-electron chi connectivity index (χ0n) is 13.3. The van der Waals surface area contributed by atoms with Crippen LogP contribution in [0.2, 0.25) is 0 Å². The largest absolute Gasteiger partial charge is 0.369 e. The van der Waals surface area contributed by atoms with E-state index in [-0.39, 0.29) is 11.8 Å². The molecule has 0 fully saturated rings. The molecule has 2 rings (SSSR count). The number of hydrogen-bond acceptors (Lipinski definition) is 2. The van der Waals surface area contributed by atoms with Gasteiger partial charge in [0.2, 0.25) is 5.91 Å². The summed E-state index contributed by atoms with van der Waals surface area (Å²) in [5.74, 6) is -0.545. The van der Waals surface area contributed by atoms with Crippen molar-refractivity contribution in [3.05, 3.63) is 60.2 Å². The summed E-state index contributed by atoms with van der Waals surface area (Å²) in [6.07, 6.45) is 0.706. The molecule has 1 atom stereocenters. The molecule has 3 nitrogen and oxygen atoms in total. The van der Waals surface area contributed by atoms with E-state index in [1.165, 1.54) is 0 Å². The summed E-state index contributed by atoms with van der Waals surface area (Å²) in [5, 5.41) is 3.35. The van der Waals surface area contributed by atoms with Crippen molar-refractivity contribution < 1.29 is 4.79 Å². The van der Waals surface area contributed by atoms with E-state index >= 15 is 0 Å². The average molecular weight is 296 g/mol. The lowest BCUT2D eigenvalue weighted by atomic mass is 9.88. The first kappa shape index (κ1) is 16.2. The molecule has 2 aromatic rings. The molecule has 0 aliphatic carbocycles. The molecule has 1 amide bonds. The van der Waals surface area contributed by atoms with Gasteiger partial charge in [-0.2, -0.15) is 0 Å². The molecule has 0 bridgehead atoms. The maximum Gasteiger partial charge on any atom is 0.225 e. The van der Waals surface area contributed by atoms with Crippen molar-refractivity contribution in [3.8, 4) is 11.1 Å². The standard InChI is InChI=1S/C19H24N2O/c1-14(2)21-13-12-18(19(20)22)17-11-7-6-10-16(17)15-8-4-3-5-9-15/h3-11,14,18,21H,12-13H2,1-2H3,(H2,20,22). The van der Waals surface area contributed by atoms with Gasteiger partial charge in [-0.15, -0.1) is 0 Å². The molecule has 0 radical (unpaired) electrons. The van der Waals surface area contributed by atoms with E-state index < -0.39 is 0 Å². The lowest BCUT2D eigenvalue weighted by molar-refractivity contribution is -0.119.